The quantitative estimate of drug-likeness (QED) is 0.0867. The molecule has 348 valence electrons. The molecule has 0 fully saturated rings. The van der Waals surface area contributed by atoms with Gasteiger partial charge in [-0.25, -0.2) is 18.7 Å². The van der Waals surface area contributed by atoms with Crippen molar-refractivity contribution in [1.29, 1.82) is 0 Å². The number of alkyl halides is 2. The molecule has 0 saturated heterocycles. The lowest BCUT2D eigenvalue weighted by Gasteiger charge is -2.24. The van der Waals surface area contributed by atoms with Crippen molar-refractivity contribution in [3.05, 3.63) is 187 Å². The number of phenols is 1. The molecule has 5 aromatic carbocycles. The highest BCUT2D eigenvalue weighted by atomic mass is 32.2. The summed E-state index contributed by atoms with van der Waals surface area (Å²) in [6.45, 7) is 3.39. The first-order chi connectivity index (χ1) is 32.4. The molecule has 2 amide bonds. The molecule has 0 aliphatic rings. The number of para-hydroxylation sites is 4. The fraction of sp³-hybridized carbons (Fsp3) is 0.176. The molecular formula is C51H50F2N4O9S. The van der Waals surface area contributed by atoms with Crippen molar-refractivity contribution < 1.29 is 50.3 Å². The van der Waals surface area contributed by atoms with Crippen LogP contribution in [0.15, 0.2) is 175 Å². The van der Waals surface area contributed by atoms with E-state index < -0.39 is 30.1 Å². The van der Waals surface area contributed by atoms with Crippen LogP contribution in [0.2, 0.25) is 0 Å². The molecule has 0 spiro atoms. The Labute approximate surface area is 388 Å². The van der Waals surface area contributed by atoms with E-state index in [4.69, 9.17) is 14.2 Å². The molecule has 13 nitrogen and oxygen atoms in total. The molecule has 0 aliphatic heterocycles. The second kappa shape index (κ2) is 25.7. The Kier molecular flexibility index (Phi) is 19.3. The number of phenolic OH excluding ortho intramolecular Hbond substituents is 1. The first kappa shape index (κ1) is 50.3. The summed E-state index contributed by atoms with van der Waals surface area (Å²) in [6, 6.07) is 45.9. The highest BCUT2D eigenvalue weighted by Crippen LogP contribution is 2.34. The molecule has 2 heterocycles. The van der Waals surface area contributed by atoms with E-state index in [1.54, 1.807) is 78.0 Å². The number of carbonyl (C=O) groups is 2. The van der Waals surface area contributed by atoms with Crippen molar-refractivity contribution in [2.24, 2.45) is 0 Å². The molecule has 7 aromatic rings. The van der Waals surface area contributed by atoms with Crippen molar-refractivity contribution in [3.8, 4) is 34.8 Å². The van der Waals surface area contributed by atoms with E-state index in [0.29, 0.717) is 45.9 Å². The summed E-state index contributed by atoms with van der Waals surface area (Å²) in [5, 5.41) is 10.0. The molecule has 0 aliphatic carbocycles. The molecule has 16 heteroatoms. The number of carbonyl (C=O) groups excluding carboxylic acids is 2. The van der Waals surface area contributed by atoms with Gasteiger partial charge in [-0.05, 0) is 79.7 Å². The van der Waals surface area contributed by atoms with E-state index in [1.807, 2.05) is 91.9 Å². The van der Waals surface area contributed by atoms with Crippen LogP contribution in [0, 0.1) is 6.92 Å². The van der Waals surface area contributed by atoms with Crippen LogP contribution in [0.4, 0.5) is 20.2 Å². The molecule has 0 bridgehead atoms. The number of rotatable bonds is 17. The summed E-state index contributed by atoms with van der Waals surface area (Å²) in [4.78, 5) is 36.3. The summed E-state index contributed by atoms with van der Waals surface area (Å²) in [5.74, 6) is 2.25. The molecule has 0 atom stereocenters. The summed E-state index contributed by atoms with van der Waals surface area (Å²) < 4.78 is 68.5. The van der Waals surface area contributed by atoms with Crippen LogP contribution in [0.1, 0.15) is 30.5 Å². The molecule has 0 radical (unpaired) electrons. The van der Waals surface area contributed by atoms with Gasteiger partial charge in [0.05, 0.1) is 24.6 Å². The van der Waals surface area contributed by atoms with Gasteiger partial charge in [-0.2, -0.15) is 8.42 Å². The number of anilines is 2. The third-order valence-electron chi connectivity index (χ3n) is 9.34. The minimum Gasteiger partial charge on any atom is -0.508 e. The maximum Gasteiger partial charge on any atom is 0.297 e. The van der Waals surface area contributed by atoms with Crippen LogP contribution in [-0.2, 0) is 37.0 Å². The van der Waals surface area contributed by atoms with Crippen molar-refractivity contribution >= 4 is 33.3 Å². The number of aromatic nitrogens is 2. The Morgan fingerprint density at radius 3 is 1.54 bits per heavy atom. The van der Waals surface area contributed by atoms with Gasteiger partial charge in [0.2, 0.25) is 23.6 Å². The zero-order valence-electron chi connectivity index (χ0n) is 37.1. The normalized spacial score (nSPS) is 10.6. The summed E-state index contributed by atoms with van der Waals surface area (Å²) in [5.41, 5.74) is 3.45. The Morgan fingerprint density at radius 2 is 1.04 bits per heavy atom. The van der Waals surface area contributed by atoms with Gasteiger partial charge in [-0.15, -0.1) is 0 Å². The fourth-order valence-electron chi connectivity index (χ4n) is 6.09. The van der Waals surface area contributed by atoms with Gasteiger partial charge in [-0.1, -0.05) is 90.5 Å². The zero-order valence-corrected chi connectivity index (χ0v) is 37.9. The third-order valence-corrected chi connectivity index (χ3v) is 10.7. The first-order valence-electron chi connectivity index (χ1n) is 20.9. The standard InChI is InChI=1S/C22H21FN2O3.C20H18N2O3.C9H11FO3S/c1-17(26)25(16-18-8-5-6-12-21(18)27-15-13-23)20-11-7-14-24-22(20)28-19-9-3-2-4-10-19;1-15(23)22(14-16-8-5-6-12-19(16)24)18-11-7-13-21-20(18)25-17-9-3-2-4-10-17;1-8-2-4-9(5-3-8)14(11,12)13-7-6-10/h2-12,14H,13,15-16H2,1H3;2-13,24H,14H2,1H3;2-5H,6-7H2,1H3/i23-1;;10-1. The Bertz CT molecular complexity index is 2750. The number of nitrogens with zero attached hydrogens (tertiary/aromatic N) is 4. The number of ether oxygens (including phenoxy) is 3. The van der Waals surface area contributed by atoms with E-state index in [1.165, 1.54) is 30.9 Å². The van der Waals surface area contributed by atoms with E-state index in [0.717, 1.165) is 11.1 Å². The molecule has 67 heavy (non-hydrogen) atoms. The number of halogens is 2. The van der Waals surface area contributed by atoms with Gasteiger partial charge in [0, 0.05) is 37.4 Å². The van der Waals surface area contributed by atoms with E-state index in [9.17, 15) is 31.9 Å². The van der Waals surface area contributed by atoms with Crippen molar-refractivity contribution in [2.45, 2.75) is 38.8 Å². The topological polar surface area (TPSA) is 158 Å². The lowest BCUT2D eigenvalue weighted by molar-refractivity contribution is -0.117. The van der Waals surface area contributed by atoms with Gasteiger partial charge in [0.15, 0.2) is 0 Å². The van der Waals surface area contributed by atoms with Gasteiger partial charge in [0.1, 0.15) is 54.3 Å². The van der Waals surface area contributed by atoms with Crippen LogP contribution in [0.3, 0.4) is 0 Å². The highest BCUT2D eigenvalue weighted by molar-refractivity contribution is 7.86. The summed E-state index contributed by atoms with van der Waals surface area (Å²) >= 11 is 0. The third kappa shape index (κ3) is 15.5. The number of pyridine rings is 2. The smallest absolute Gasteiger partial charge is 0.297 e. The van der Waals surface area contributed by atoms with Gasteiger partial charge >= 0.3 is 0 Å². The number of hydrogen-bond donors (Lipinski definition) is 1. The Morgan fingerprint density at radius 1 is 0.582 bits per heavy atom. The molecule has 0 saturated carbocycles. The zero-order chi connectivity index (χ0) is 48.0. The van der Waals surface area contributed by atoms with Gasteiger partial charge < -0.3 is 29.1 Å². The number of aryl methyl sites for hydroxylation is 1. The maximum absolute atomic E-state index is 12.5. The van der Waals surface area contributed by atoms with E-state index >= 15 is 0 Å². The SMILES string of the molecule is CC(=O)N(Cc1ccccc1O)c1cccnc1Oc1ccccc1.CC(=O)N(Cc1ccccc1OCC[18F])c1cccnc1Oc1ccccc1.Cc1ccc(S(=O)(=O)OCC[18F])cc1. The number of aromatic hydroxyl groups is 1. The molecule has 7 rings (SSSR count). The van der Waals surface area contributed by atoms with Crippen LogP contribution in [0.25, 0.3) is 0 Å². The Hall–Kier alpha value is -7.69. The predicted octanol–water partition coefficient (Wildman–Crippen LogP) is 10.6. The Balaban J connectivity index is 0.000000198. The average Bonchev–Trinajstić information content (AvgIpc) is 3.33. The lowest BCUT2D eigenvalue weighted by Crippen LogP contribution is -2.28. The largest absolute Gasteiger partial charge is 0.508 e. The molecule has 0 unspecified atom stereocenters. The molecular weight excluding hydrogens is 881 g/mol. The number of amides is 2. The minimum absolute atomic E-state index is 0.0354. The van der Waals surface area contributed by atoms with Gasteiger partial charge in [-0.3, -0.25) is 13.8 Å². The lowest BCUT2D eigenvalue weighted by atomic mass is 10.1. The summed E-state index contributed by atoms with van der Waals surface area (Å²) in [6.07, 6.45) is 3.22. The minimum atomic E-state index is -3.78. The van der Waals surface area contributed by atoms with Crippen LogP contribution in [0.5, 0.6) is 34.8 Å². The fourth-order valence-corrected chi connectivity index (χ4v) is 6.98. The second-order valence-electron chi connectivity index (χ2n) is 14.2. The second-order valence-corrected chi connectivity index (χ2v) is 15.9. The van der Waals surface area contributed by atoms with Crippen molar-refractivity contribution in [3.63, 3.8) is 0 Å². The molecule has 1 N–H and O–H groups in total. The molecule has 2 aromatic heterocycles. The monoisotopic (exact) mass is 930 g/mol. The number of hydrogen-bond acceptors (Lipinski definition) is 11. The van der Waals surface area contributed by atoms with Gasteiger partial charge in [0.25, 0.3) is 10.1 Å². The van der Waals surface area contributed by atoms with E-state index in [-0.39, 0.29) is 42.2 Å². The highest BCUT2D eigenvalue weighted by Gasteiger charge is 2.21. The van der Waals surface area contributed by atoms with Crippen LogP contribution in [-0.4, -0.2) is 61.9 Å². The predicted molar refractivity (Wildman–Crippen MR) is 252 cm³/mol. The average molecular weight is 931 g/mol. The first-order valence-corrected chi connectivity index (χ1v) is 22.3. The van der Waals surface area contributed by atoms with Crippen LogP contribution >= 0.6 is 0 Å². The van der Waals surface area contributed by atoms with E-state index in [2.05, 4.69) is 14.2 Å². The summed E-state index contributed by atoms with van der Waals surface area (Å²) in [7, 11) is -3.78. The maximum atomic E-state index is 12.5. The number of benzene rings is 5. The van der Waals surface area contributed by atoms with Crippen molar-refractivity contribution in [2.75, 3.05) is 36.4 Å². The van der Waals surface area contributed by atoms with Crippen molar-refractivity contribution in [1.82, 2.24) is 9.97 Å². The van der Waals surface area contributed by atoms with Crippen LogP contribution < -0.4 is 24.0 Å².